The van der Waals surface area contributed by atoms with Crippen molar-refractivity contribution in [3.05, 3.63) is 65.4 Å². The zero-order valence-corrected chi connectivity index (χ0v) is 13.8. The molecule has 0 aliphatic carbocycles. The highest BCUT2D eigenvalue weighted by molar-refractivity contribution is 6.16. The number of carbonyl (C=O) groups is 2. The smallest absolute Gasteiger partial charge is 0.341 e. The van der Waals surface area contributed by atoms with Crippen molar-refractivity contribution in [1.82, 2.24) is 9.97 Å². The fraction of sp³-hybridized carbons (Fsp3) is 0.222. The average Bonchev–Trinajstić information content (AvgIpc) is 2.60. The molecule has 1 aromatic carbocycles. The number of rotatable bonds is 6. The summed E-state index contributed by atoms with van der Waals surface area (Å²) >= 11 is 0. The Balaban J connectivity index is 2.34. The largest absolute Gasteiger partial charge is 0.503 e. The molecule has 1 aromatic heterocycles. The third-order valence-electron chi connectivity index (χ3n) is 3.37. The van der Waals surface area contributed by atoms with E-state index in [1.54, 1.807) is 37.4 Å². The van der Waals surface area contributed by atoms with E-state index in [0.717, 1.165) is 5.69 Å². The predicted octanol–water partition coefficient (Wildman–Crippen LogP) is 2.37. The minimum Gasteiger partial charge on any atom is -0.503 e. The Labute approximate surface area is 140 Å². The number of aromatic nitrogens is 2. The first-order chi connectivity index (χ1) is 11.6. The Bertz CT molecular complexity index is 767. The number of methoxy groups -OCH3 is 2. The number of benzene rings is 1. The van der Waals surface area contributed by atoms with Gasteiger partial charge in [-0.05, 0) is 18.1 Å². The molecule has 0 saturated carbocycles. The lowest BCUT2D eigenvalue weighted by atomic mass is 9.96. The van der Waals surface area contributed by atoms with Crippen molar-refractivity contribution in [1.29, 1.82) is 0 Å². The predicted molar refractivity (Wildman–Crippen MR) is 88.2 cm³/mol. The van der Waals surface area contributed by atoms with E-state index in [2.05, 4.69) is 9.97 Å². The molecule has 6 heteroatoms. The Morgan fingerprint density at radius 2 is 1.88 bits per heavy atom. The highest BCUT2D eigenvalue weighted by atomic mass is 16.5. The van der Waals surface area contributed by atoms with Gasteiger partial charge in [0.1, 0.15) is 11.3 Å². The van der Waals surface area contributed by atoms with E-state index in [1.807, 2.05) is 0 Å². The summed E-state index contributed by atoms with van der Waals surface area (Å²) in [6.45, 7) is 1.80. The van der Waals surface area contributed by atoms with Gasteiger partial charge in [-0.15, -0.1) is 0 Å². The van der Waals surface area contributed by atoms with Crippen LogP contribution in [0.3, 0.4) is 0 Å². The molecule has 0 aliphatic heterocycles. The van der Waals surface area contributed by atoms with Crippen LogP contribution in [0.4, 0.5) is 0 Å². The Hall–Kier alpha value is -3.02. The molecule has 0 amide bonds. The van der Waals surface area contributed by atoms with Crippen molar-refractivity contribution in [3.63, 3.8) is 0 Å². The van der Waals surface area contributed by atoms with Crippen LogP contribution in [0.2, 0.25) is 0 Å². The minimum atomic E-state index is -0.535. The number of esters is 1. The molecule has 6 nitrogen and oxygen atoms in total. The lowest BCUT2D eigenvalue weighted by Crippen LogP contribution is -2.11. The van der Waals surface area contributed by atoms with Crippen LogP contribution in [0.5, 0.6) is 0 Å². The van der Waals surface area contributed by atoms with Crippen molar-refractivity contribution in [2.75, 3.05) is 14.2 Å². The normalized spacial score (nSPS) is 11.0. The van der Waals surface area contributed by atoms with E-state index >= 15 is 0 Å². The molecule has 0 bridgehead atoms. The van der Waals surface area contributed by atoms with Crippen molar-refractivity contribution >= 4 is 17.3 Å². The summed E-state index contributed by atoms with van der Waals surface area (Å²) < 4.78 is 9.75. The molecule has 0 atom stereocenters. The molecule has 124 valence electrons. The molecule has 0 spiro atoms. The van der Waals surface area contributed by atoms with Gasteiger partial charge in [0.2, 0.25) is 0 Å². The fourth-order valence-corrected chi connectivity index (χ4v) is 2.19. The fourth-order valence-electron chi connectivity index (χ4n) is 2.19. The number of hydrogen-bond acceptors (Lipinski definition) is 6. The van der Waals surface area contributed by atoms with E-state index in [0.29, 0.717) is 11.1 Å². The van der Waals surface area contributed by atoms with Crippen LogP contribution in [-0.2, 0) is 20.7 Å². The highest BCUT2D eigenvalue weighted by Crippen LogP contribution is 2.22. The van der Waals surface area contributed by atoms with Gasteiger partial charge in [-0.3, -0.25) is 9.78 Å². The zero-order valence-electron chi connectivity index (χ0n) is 13.8. The third-order valence-corrected chi connectivity index (χ3v) is 3.37. The molecular weight excluding hydrogens is 308 g/mol. The SMILES string of the molecule is COC=C(C(=O)OC)c1ccccc1CC(=O)c1cnc(C)cn1. The van der Waals surface area contributed by atoms with Crippen LogP contribution in [0.15, 0.2) is 42.9 Å². The molecule has 0 N–H and O–H groups in total. The van der Waals surface area contributed by atoms with Crippen LogP contribution in [0, 0.1) is 6.92 Å². The Morgan fingerprint density at radius 1 is 1.12 bits per heavy atom. The second-order valence-corrected chi connectivity index (χ2v) is 5.06. The molecule has 0 unspecified atom stereocenters. The zero-order chi connectivity index (χ0) is 17.5. The molecule has 1 heterocycles. The maximum absolute atomic E-state index is 12.4. The van der Waals surface area contributed by atoms with Gasteiger partial charge in [-0.1, -0.05) is 24.3 Å². The first-order valence-electron chi connectivity index (χ1n) is 7.28. The number of hydrogen-bond donors (Lipinski definition) is 0. The van der Waals surface area contributed by atoms with Gasteiger partial charge in [0.05, 0.1) is 32.4 Å². The molecule has 0 aliphatic rings. The quantitative estimate of drug-likeness (QED) is 0.351. The van der Waals surface area contributed by atoms with E-state index < -0.39 is 5.97 Å². The maximum Gasteiger partial charge on any atom is 0.341 e. The summed E-state index contributed by atoms with van der Waals surface area (Å²) in [5.41, 5.74) is 2.53. The number of ether oxygens (including phenoxy) is 2. The molecule has 0 saturated heterocycles. The summed E-state index contributed by atoms with van der Waals surface area (Å²) in [6.07, 6.45) is 4.39. The molecule has 24 heavy (non-hydrogen) atoms. The Kier molecular flexibility index (Phi) is 5.78. The average molecular weight is 326 g/mol. The number of carbonyl (C=O) groups excluding carboxylic acids is 2. The summed E-state index contributed by atoms with van der Waals surface area (Å²) in [6, 6.07) is 7.10. The van der Waals surface area contributed by atoms with E-state index in [4.69, 9.17) is 9.47 Å². The number of aryl methyl sites for hydroxylation is 1. The molecule has 2 rings (SSSR count). The number of Topliss-reactive ketones (excluding diaryl/α,β-unsaturated/α-hetero) is 1. The van der Waals surface area contributed by atoms with Crippen LogP contribution in [-0.4, -0.2) is 35.9 Å². The minimum absolute atomic E-state index is 0.0892. The summed E-state index contributed by atoms with van der Waals surface area (Å²) in [5, 5.41) is 0. The summed E-state index contributed by atoms with van der Waals surface area (Å²) in [4.78, 5) is 32.6. The molecule has 0 radical (unpaired) electrons. The van der Waals surface area contributed by atoms with Gasteiger partial charge in [0.15, 0.2) is 5.78 Å². The first kappa shape index (κ1) is 17.3. The van der Waals surface area contributed by atoms with Gasteiger partial charge < -0.3 is 9.47 Å². The maximum atomic E-state index is 12.4. The van der Waals surface area contributed by atoms with E-state index in [1.165, 1.54) is 26.7 Å². The van der Waals surface area contributed by atoms with Gasteiger partial charge in [0, 0.05) is 12.6 Å². The number of ketones is 1. The van der Waals surface area contributed by atoms with Crippen molar-refractivity contribution < 1.29 is 19.1 Å². The second-order valence-electron chi connectivity index (χ2n) is 5.06. The van der Waals surface area contributed by atoms with Crippen LogP contribution in [0.1, 0.15) is 27.3 Å². The van der Waals surface area contributed by atoms with Gasteiger partial charge in [-0.25, -0.2) is 9.78 Å². The second kappa shape index (κ2) is 8.01. The van der Waals surface area contributed by atoms with Gasteiger partial charge in [0.25, 0.3) is 0 Å². The lowest BCUT2D eigenvalue weighted by molar-refractivity contribution is -0.133. The third kappa shape index (κ3) is 4.04. The van der Waals surface area contributed by atoms with Crippen LogP contribution < -0.4 is 0 Å². The van der Waals surface area contributed by atoms with Crippen molar-refractivity contribution in [2.45, 2.75) is 13.3 Å². The molecule has 2 aromatic rings. The standard InChI is InChI=1S/C18H18N2O4/c1-12-9-20-16(10-19-12)17(21)8-13-6-4-5-7-14(13)15(11-23-2)18(22)24-3/h4-7,9-11H,8H2,1-3H3. The van der Waals surface area contributed by atoms with E-state index in [-0.39, 0.29) is 23.5 Å². The monoisotopic (exact) mass is 326 g/mol. The first-order valence-corrected chi connectivity index (χ1v) is 7.28. The lowest BCUT2D eigenvalue weighted by Gasteiger charge is -2.11. The molecule has 0 fully saturated rings. The van der Waals surface area contributed by atoms with Gasteiger partial charge >= 0.3 is 5.97 Å². The topological polar surface area (TPSA) is 78.4 Å². The Morgan fingerprint density at radius 3 is 2.50 bits per heavy atom. The van der Waals surface area contributed by atoms with Crippen LogP contribution >= 0.6 is 0 Å². The summed E-state index contributed by atoms with van der Waals surface area (Å²) in [7, 11) is 2.74. The van der Waals surface area contributed by atoms with E-state index in [9.17, 15) is 9.59 Å². The van der Waals surface area contributed by atoms with Gasteiger partial charge in [-0.2, -0.15) is 0 Å². The number of nitrogens with zero attached hydrogens (tertiary/aromatic N) is 2. The highest BCUT2D eigenvalue weighted by Gasteiger charge is 2.19. The summed E-state index contributed by atoms with van der Waals surface area (Å²) in [5.74, 6) is -0.719. The van der Waals surface area contributed by atoms with Crippen molar-refractivity contribution in [3.8, 4) is 0 Å². The molecular formula is C18H18N2O4. The van der Waals surface area contributed by atoms with Crippen molar-refractivity contribution in [2.24, 2.45) is 0 Å². The van der Waals surface area contributed by atoms with Crippen LogP contribution in [0.25, 0.3) is 5.57 Å².